The van der Waals surface area contributed by atoms with Crippen molar-refractivity contribution in [3.05, 3.63) is 65.7 Å². The van der Waals surface area contributed by atoms with Gasteiger partial charge in [0.25, 0.3) is 10.1 Å². The smallest absolute Gasteiger partial charge is 0.296 e. The van der Waals surface area contributed by atoms with E-state index in [1.54, 1.807) is 24.3 Å². The first-order valence-electron chi connectivity index (χ1n) is 8.59. The third-order valence-corrected chi connectivity index (χ3v) is 4.89. The third kappa shape index (κ3) is 6.88. The number of benzene rings is 2. The minimum Gasteiger partial charge on any atom is -0.296 e. The lowest BCUT2D eigenvalue weighted by Gasteiger charge is -2.25. The second-order valence-electron chi connectivity index (χ2n) is 7.27. The highest BCUT2D eigenvalue weighted by Gasteiger charge is 2.21. The van der Waals surface area contributed by atoms with Crippen LogP contribution in [0.5, 0.6) is 0 Å². The Bertz CT molecular complexity index is 781. The summed E-state index contributed by atoms with van der Waals surface area (Å²) in [4.78, 5) is 5.78. The average Bonchev–Trinajstić information content (AvgIpc) is 2.58. The van der Waals surface area contributed by atoms with Crippen molar-refractivity contribution in [3.63, 3.8) is 0 Å². The Morgan fingerprint density at radius 1 is 1.00 bits per heavy atom. The monoisotopic (exact) mass is 377 g/mol. The molecule has 0 amide bonds. The fraction of sp³-hybridized carbons (Fsp3) is 0.400. The fourth-order valence-electron chi connectivity index (χ4n) is 2.24. The highest BCUT2D eigenvalue weighted by atomic mass is 32.2. The molecular formula is C20H27NO4S. The molecule has 0 fully saturated rings. The molecule has 2 aromatic carbocycles. The molecule has 0 aromatic heterocycles. The van der Waals surface area contributed by atoms with Gasteiger partial charge in [-0.15, -0.1) is 0 Å². The second-order valence-corrected chi connectivity index (χ2v) is 8.89. The maximum Gasteiger partial charge on any atom is 0.297 e. The predicted molar refractivity (Wildman–Crippen MR) is 102 cm³/mol. The van der Waals surface area contributed by atoms with Gasteiger partial charge < -0.3 is 0 Å². The zero-order valence-corrected chi connectivity index (χ0v) is 16.5. The van der Waals surface area contributed by atoms with Gasteiger partial charge in [-0.25, -0.2) is 0 Å². The first-order chi connectivity index (χ1) is 12.2. The minimum atomic E-state index is -3.81. The van der Waals surface area contributed by atoms with E-state index in [4.69, 9.17) is 9.02 Å². The van der Waals surface area contributed by atoms with Crippen LogP contribution in [0.3, 0.4) is 0 Å². The summed E-state index contributed by atoms with van der Waals surface area (Å²) in [5, 5.41) is 0. The molecule has 1 N–H and O–H groups in total. The van der Waals surface area contributed by atoms with E-state index in [0.29, 0.717) is 6.42 Å². The molecule has 0 spiro atoms. The van der Waals surface area contributed by atoms with Crippen molar-refractivity contribution in [3.8, 4) is 0 Å². The maximum atomic E-state index is 12.4. The summed E-state index contributed by atoms with van der Waals surface area (Å²) in [5.41, 5.74) is 4.61. The van der Waals surface area contributed by atoms with Gasteiger partial charge in [-0.05, 0) is 51.8 Å². The summed E-state index contributed by atoms with van der Waals surface area (Å²) in [6.07, 6.45) is 0.584. The van der Waals surface area contributed by atoms with Crippen molar-refractivity contribution in [1.29, 1.82) is 0 Å². The standard InChI is InChI=1S/C20H27NO4S/c1-16-10-12-19(13-11-16)26(22,23)24-15-18(21-25-20(2,3)4)14-17-8-6-5-7-9-17/h5-13,18,21H,14-15H2,1-4H3. The molecule has 142 valence electrons. The zero-order valence-electron chi connectivity index (χ0n) is 15.7. The Hall–Kier alpha value is -1.73. The quantitative estimate of drug-likeness (QED) is 0.562. The van der Waals surface area contributed by atoms with Crippen molar-refractivity contribution in [2.45, 2.75) is 50.7 Å². The summed E-state index contributed by atoms with van der Waals surface area (Å²) in [6.45, 7) is 7.64. The predicted octanol–water partition coefficient (Wildman–Crippen LogP) is 3.63. The van der Waals surface area contributed by atoms with Crippen LogP contribution in [0.1, 0.15) is 31.9 Å². The molecular weight excluding hydrogens is 350 g/mol. The topological polar surface area (TPSA) is 64.6 Å². The Balaban J connectivity index is 2.06. The van der Waals surface area contributed by atoms with E-state index in [9.17, 15) is 8.42 Å². The number of hydrogen-bond donors (Lipinski definition) is 1. The van der Waals surface area contributed by atoms with Crippen LogP contribution < -0.4 is 5.48 Å². The van der Waals surface area contributed by atoms with Crippen LogP contribution in [0.4, 0.5) is 0 Å². The molecule has 26 heavy (non-hydrogen) atoms. The van der Waals surface area contributed by atoms with Crippen LogP contribution in [-0.4, -0.2) is 26.7 Å². The molecule has 0 saturated carbocycles. The largest absolute Gasteiger partial charge is 0.297 e. The first kappa shape index (κ1) is 20.6. The number of nitrogens with one attached hydrogen (secondary N) is 1. The van der Waals surface area contributed by atoms with Gasteiger partial charge in [0, 0.05) is 0 Å². The van der Waals surface area contributed by atoms with Crippen molar-refractivity contribution < 1.29 is 17.4 Å². The first-order valence-corrected chi connectivity index (χ1v) is 10.0. The Labute approximate surface area is 156 Å². The highest BCUT2D eigenvalue weighted by Crippen LogP contribution is 2.15. The number of hydrogen-bond acceptors (Lipinski definition) is 5. The zero-order chi connectivity index (χ0) is 19.2. The lowest BCUT2D eigenvalue weighted by molar-refractivity contribution is -0.0926. The van der Waals surface area contributed by atoms with Crippen molar-refractivity contribution >= 4 is 10.1 Å². The van der Waals surface area contributed by atoms with Crippen LogP contribution in [0.2, 0.25) is 0 Å². The van der Waals surface area contributed by atoms with E-state index in [-0.39, 0.29) is 17.5 Å². The summed E-state index contributed by atoms with van der Waals surface area (Å²) < 4.78 is 30.1. The van der Waals surface area contributed by atoms with Gasteiger partial charge in [-0.1, -0.05) is 48.0 Å². The van der Waals surface area contributed by atoms with E-state index in [1.807, 2.05) is 58.0 Å². The summed E-state index contributed by atoms with van der Waals surface area (Å²) in [7, 11) is -3.81. The van der Waals surface area contributed by atoms with Crippen LogP contribution in [0.15, 0.2) is 59.5 Å². The lowest BCUT2D eigenvalue weighted by atomic mass is 10.1. The number of aryl methyl sites for hydroxylation is 1. The van der Waals surface area contributed by atoms with Gasteiger partial charge >= 0.3 is 0 Å². The van der Waals surface area contributed by atoms with E-state index < -0.39 is 15.7 Å². The average molecular weight is 378 g/mol. The molecule has 0 heterocycles. The lowest BCUT2D eigenvalue weighted by Crippen LogP contribution is -2.41. The molecule has 1 unspecified atom stereocenters. The number of rotatable bonds is 8. The summed E-state index contributed by atoms with van der Waals surface area (Å²) in [6, 6.07) is 16.1. The summed E-state index contributed by atoms with van der Waals surface area (Å²) in [5.74, 6) is 0. The molecule has 5 nitrogen and oxygen atoms in total. The van der Waals surface area contributed by atoms with E-state index in [1.165, 1.54) is 0 Å². The highest BCUT2D eigenvalue weighted by molar-refractivity contribution is 7.86. The molecule has 0 radical (unpaired) electrons. The fourth-order valence-corrected chi connectivity index (χ4v) is 3.19. The molecule has 0 aliphatic rings. The molecule has 2 aromatic rings. The van der Waals surface area contributed by atoms with E-state index >= 15 is 0 Å². The van der Waals surface area contributed by atoms with Gasteiger partial charge in [0.1, 0.15) is 0 Å². The van der Waals surface area contributed by atoms with Gasteiger partial charge in [0.2, 0.25) is 0 Å². The maximum absolute atomic E-state index is 12.4. The number of hydroxylamine groups is 1. The van der Waals surface area contributed by atoms with Crippen LogP contribution in [0, 0.1) is 6.92 Å². The molecule has 0 aliphatic heterocycles. The van der Waals surface area contributed by atoms with Crippen LogP contribution in [0.25, 0.3) is 0 Å². The van der Waals surface area contributed by atoms with E-state index in [2.05, 4.69) is 5.48 Å². The minimum absolute atomic E-state index is 0.0266. The van der Waals surface area contributed by atoms with Crippen molar-refractivity contribution in [2.75, 3.05) is 6.61 Å². The third-order valence-electron chi connectivity index (χ3n) is 3.59. The van der Waals surface area contributed by atoms with Gasteiger partial charge in [-0.3, -0.25) is 9.02 Å². The van der Waals surface area contributed by atoms with Crippen LogP contribution in [-0.2, 0) is 25.6 Å². The Morgan fingerprint density at radius 2 is 1.62 bits per heavy atom. The molecule has 0 aliphatic carbocycles. The van der Waals surface area contributed by atoms with Crippen LogP contribution >= 0.6 is 0 Å². The normalized spacial score (nSPS) is 13.5. The second kappa shape index (κ2) is 8.77. The van der Waals surface area contributed by atoms with E-state index in [0.717, 1.165) is 11.1 Å². The van der Waals surface area contributed by atoms with Gasteiger partial charge in [-0.2, -0.15) is 13.9 Å². The molecule has 0 bridgehead atoms. The summed E-state index contributed by atoms with van der Waals surface area (Å²) >= 11 is 0. The molecule has 2 rings (SSSR count). The van der Waals surface area contributed by atoms with Crippen molar-refractivity contribution in [1.82, 2.24) is 5.48 Å². The molecule has 0 saturated heterocycles. The SMILES string of the molecule is Cc1ccc(S(=O)(=O)OCC(Cc2ccccc2)NOC(C)(C)C)cc1. The molecule has 6 heteroatoms. The molecule has 1 atom stereocenters. The van der Waals surface area contributed by atoms with Gasteiger partial charge in [0.05, 0.1) is 23.1 Å². The Kier molecular flexibility index (Phi) is 6.94. The van der Waals surface area contributed by atoms with Gasteiger partial charge in [0.15, 0.2) is 0 Å². The van der Waals surface area contributed by atoms with Crippen molar-refractivity contribution in [2.24, 2.45) is 0 Å². The Morgan fingerprint density at radius 3 is 2.19 bits per heavy atom.